The molecule has 0 spiro atoms. The Hall–Kier alpha value is -2.18. The van der Waals surface area contributed by atoms with Crippen molar-refractivity contribution in [3.05, 3.63) is 22.1 Å². The Morgan fingerprint density at radius 1 is 1.65 bits per heavy atom. The first-order valence-corrected chi connectivity index (χ1v) is 5.18. The van der Waals surface area contributed by atoms with E-state index in [4.69, 9.17) is 4.74 Å². The van der Waals surface area contributed by atoms with E-state index in [0.29, 0.717) is 11.3 Å². The average molecular weight is 236 g/mol. The maximum Gasteiger partial charge on any atom is 0.354 e. The van der Waals surface area contributed by atoms with Gasteiger partial charge >= 0.3 is 5.97 Å². The van der Waals surface area contributed by atoms with Crippen molar-refractivity contribution in [2.45, 2.75) is 13.3 Å². The van der Waals surface area contributed by atoms with Crippen LogP contribution in [0.3, 0.4) is 0 Å². The van der Waals surface area contributed by atoms with Crippen molar-refractivity contribution < 1.29 is 9.53 Å². The number of nitrogens with one attached hydrogen (secondary N) is 1. The van der Waals surface area contributed by atoms with Crippen molar-refractivity contribution in [3.63, 3.8) is 0 Å². The zero-order valence-corrected chi connectivity index (χ0v) is 9.56. The second-order valence-corrected chi connectivity index (χ2v) is 3.53. The van der Waals surface area contributed by atoms with Crippen molar-refractivity contribution in [1.29, 1.82) is 0 Å². The van der Waals surface area contributed by atoms with Gasteiger partial charge in [0.05, 0.1) is 24.1 Å². The smallest absolute Gasteiger partial charge is 0.354 e. The van der Waals surface area contributed by atoms with Gasteiger partial charge in [-0.05, 0) is 6.92 Å². The van der Waals surface area contributed by atoms with E-state index in [1.165, 1.54) is 11.2 Å². The summed E-state index contributed by atoms with van der Waals surface area (Å²) in [7, 11) is 1.65. The second-order valence-electron chi connectivity index (χ2n) is 3.53. The molecule has 0 radical (unpaired) electrons. The van der Waals surface area contributed by atoms with E-state index < -0.39 is 5.97 Å². The molecule has 7 nitrogen and oxygen atoms in total. The first kappa shape index (κ1) is 11.3. The fourth-order valence-corrected chi connectivity index (χ4v) is 1.63. The number of hydrogen-bond donors (Lipinski definition) is 1. The maximum absolute atomic E-state index is 11.6. The van der Waals surface area contributed by atoms with Crippen LogP contribution in [-0.4, -0.2) is 35.5 Å². The number of aromatic amines is 1. The highest BCUT2D eigenvalue weighted by Gasteiger charge is 2.24. The summed E-state index contributed by atoms with van der Waals surface area (Å²) in [5.41, 5.74) is 0.979. The highest BCUT2D eigenvalue weighted by molar-refractivity contribution is 6.37. The molecule has 17 heavy (non-hydrogen) atoms. The van der Waals surface area contributed by atoms with Gasteiger partial charge in [0.25, 0.3) is 5.56 Å². The Morgan fingerprint density at radius 3 is 3.12 bits per heavy atom. The Bertz CT molecular complexity index is 535. The number of hydrogen-bond acceptors (Lipinski definition) is 6. The zero-order valence-electron chi connectivity index (χ0n) is 9.56. The topological polar surface area (TPSA) is 87.7 Å². The minimum Gasteiger partial charge on any atom is -0.461 e. The summed E-state index contributed by atoms with van der Waals surface area (Å²) >= 11 is 0. The van der Waals surface area contributed by atoms with Crippen molar-refractivity contribution in [2.75, 3.05) is 18.7 Å². The molecular formula is C10H12N4O3. The fraction of sp³-hybridized carbons (Fsp3) is 0.400. The van der Waals surface area contributed by atoms with E-state index in [0.717, 1.165) is 0 Å². The van der Waals surface area contributed by atoms with Crippen LogP contribution < -0.4 is 10.6 Å². The van der Waals surface area contributed by atoms with Gasteiger partial charge in [-0.25, -0.2) is 9.89 Å². The summed E-state index contributed by atoms with van der Waals surface area (Å²) in [6, 6.07) is 0. The number of ether oxygens (including phenoxy) is 1. The number of anilines is 1. The number of aromatic nitrogens is 2. The van der Waals surface area contributed by atoms with Crippen molar-refractivity contribution in [3.8, 4) is 0 Å². The van der Waals surface area contributed by atoms with Gasteiger partial charge in [-0.3, -0.25) is 9.80 Å². The second kappa shape index (κ2) is 4.36. The molecule has 0 amide bonds. The van der Waals surface area contributed by atoms with Crippen LogP contribution in [0.2, 0.25) is 0 Å². The molecule has 2 rings (SSSR count). The fourth-order valence-electron chi connectivity index (χ4n) is 1.63. The van der Waals surface area contributed by atoms with Gasteiger partial charge in [-0.15, -0.1) is 0 Å². The molecule has 0 unspecified atom stereocenters. The molecule has 0 aliphatic carbocycles. The molecule has 2 heterocycles. The minimum absolute atomic E-state index is 0.163. The Labute approximate surface area is 97.1 Å². The van der Waals surface area contributed by atoms with Gasteiger partial charge in [0.2, 0.25) is 0 Å². The molecule has 1 aromatic rings. The van der Waals surface area contributed by atoms with Gasteiger partial charge in [-0.2, -0.15) is 10.2 Å². The summed E-state index contributed by atoms with van der Waals surface area (Å²) in [4.78, 5) is 23.1. The number of rotatable bonds is 2. The van der Waals surface area contributed by atoms with Crippen LogP contribution in [0.1, 0.15) is 12.5 Å². The largest absolute Gasteiger partial charge is 0.461 e. The molecule has 1 aromatic heterocycles. The van der Waals surface area contributed by atoms with E-state index in [-0.39, 0.29) is 24.3 Å². The van der Waals surface area contributed by atoms with Gasteiger partial charge in [-0.1, -0.05) is 0 Å². The lowest BCUT2D eigenvalue weighted by Gasteiger charge is -2.22. The highest BCUT2D eigenvalue weighted by Crippen LogP contribution is 2.20. The number of nitrogens with zero attached hydrogens (tertiary/aromatic N) is 3. The van der Waals surface area contributed by atoms with Gasteiger partial charge < -0.3 is 4.74 Å². The summed E-state index contributed by atoms with van der Waals surface area (Å²) in [6.45, 7) is 2.00. The third kappa shape index (κ3) is 2.03. The standard InChI is InChI=1S/C10H12N4O3/c1-3-17-10(16)7-4-6-8(14(2)13-7)5-11-12-9(6)15/h5H,3-4H2,1-2H3,(H,12,15). The molecule has 1 aliphatic heterocycles. The first-order valence-electron chi connectivity index (χ1n) is 5.18. The van der Waals surface area contributed by atoms with Crippen LogP contribution in [0.5, 0.6) is 0 Å². The number of H-pyrrole nitrogens is 1. The maximum atomic E-state index is 11.6. The number of carbonyl (C=O) groups excluding carboxylic acids is 1. The molecule has 0 bridgehead atoms. The average Bonchev–Trinajstić information content (AvgIpc) is 2.30. The molecule has 1 aliphatic rings. The number of fused-ring (bicyclic) bond motifs is 1. The van der Waals surface area contributed by atoms with E-state index >= 15 is 0 Å². The highest BCUT2D eigenvalue weighted by atomic mass is 16.5. The Kier molecular flexibility index (Phi) is 2.90. The Morgan fingerprint density at radius 2 is 2.41 bits per heavy atom. The van der Waals surface area contributed by atoms with Crippen LogP contribution >= 0.6 is 0 Å². The van der Waals surface area contributed by atoms with E-state index in [2.05, 4.69) is 15.3 Å². The van der Waals surface area contributed by atoms with Gasteiger partial charge in [0.1, 0.15) is 0 Å². The molecule has 0 aromatic carbocycles. The molecule has 0 atom stereocenters. The van der Waals surface area contributed by atoms with E-state index in [1.54, 1.807) is 14.0 Å². The minimum atomic E-state index is -0.499. The quantitative estimate of drug-likeness (QED) is 0.711. The Balaban J connectivity index is 2.37. The van der Waals surface area contributed by atoms with Crippen molar-refractivity contribution in [2.24, 2.45) is 5.10 Å². The van der Waals surface area contributed by atoms with Crippen molar-refractivity contribution in [1.82, 2.24) is 10.2 Å². The molecular weight excluding hydrogens is 224 g/mol. The lowest BCUT2D eigenvalue weighted by atomic mass is 10.1. The molecule has 0 saturated carbocycles. The zero-order chi connectivity index (χ0) is 12.4. The number of esters is 1. The van der Waals surface area contributed by atoms with Crippen LogP contribution in [0, 0.1) is 0 Å². The third-order valence-electron chi connectivity index (χ3n) is 2.41. The molecule has 0 saturated heterocycles. The summed E-state index contributed by atoms with van der Waals surface area (Å²) in [5.74, 6) is -0.499. The van der Waals surface area contributed by atoms with Crippen LogP contribution in [0.25, 0.3) is 0 Å². The predicted octanol–water partition coefficient (Wildman–Crippen LogP) is -0.319. The third-order valence-corrected chi connectivity index (χ3v) is 2.41. The normalized spacial score (nSPS) is 14.0. The lowest BCUT2D eigenvalue weighted by molar-refractivity contribution is -0.135. The summed E-state index contributed by atoms with van der Waals surface area (Å²) < 4.78 is 4.86. The lowest BCUT2D eigenvalue weighted by Crippen LogP contribution is -2.33. The molecule has 7 heteroatoms. The summed E-state index contributed by atoms with van der Waals surface area (Å²) in [6.07, 6.45) is 1.67. The van der Waals surface area contributed by atoms with Gasteiger partial charge in [0, 0.05) is 13.5 Å². The van der Waals surface area contributed by atoms with Gasteiger partial charge in [0.15, 0.2) is 5.71 Å². The summed E-state index contributed by atoms with van der Waals surface area (Å²) in [5, 5.41) is 11.5. The SMILES string of the molecule is CCOC(=O)C1=NN(C)c2cn[nH]c(=O)c2C1. The predicted molar refractivity (Wildman–Crippen MR) is 61.0 cm³/mol. The van der Waals surface area contributed by atoms with Crippen LogP contribution in [0.15, 0.2) is 16.1 Å². The molecule has 0 fully saturated rings. The van der Waals surface area contributed by atoms with E-state index in [9.17, 15) is 9.59 Å². The number of carbonyl (C=O) groups is 1. The monoisotopic (exact) mass is 236 g/mol. The van der Waals surface area contributed by atoms with Crippen LogP contribution in [-0.2, 0) is 16.0 Å². The van der Waals surface area contributed by atoms with E-state index in [1.807, 2.05) is 0 Å². The first-order chi connectivity index (χ1) is 8.13. The molecule has 90 valence electrons. The van der Waals surface area contributed by atoms with Crippen molar-refractivity contribution >= 4 is 17.4 Å². The number of hydrazone groups is 1. The molecule has 1 N–H and O–H groups in total. The van der Waals surface area contributed by atoms with Crippen LogP contribution in [0.4, 0.5) is 5.69 Å².